The van der Waals surface area contributed by atoms with Crippen LogP contribution < -0.4 is 4.31 Å². The van der Waals surface area contributed by atoms with Crippen molar-refractivity contribution in [3.63, 3.8) is 0 Å². The highest BCUT2D eigenvalue weighted by molar-refractivity contribution is 7.92. The fourth-order valence-electron chi connectivity index (χ4n) is 1.05. The van der Waals surface area contributed by atoms with Crippen LogP contribution in [0.5, 0.6) is 0 Å². The number of aryl methyl sites for hydroxylation is 1. The number of aromatic carboxylic acids is 1. The molecule has 1 N–H and O–H groups in total. The van der Waals surface area contributed by atoms with Crippen LogP contribution in [0.1, 0.15) is 10.5 Å². The topological polar surface area (TPSA) is 92.5 Å². The van der Waals surface area contributed by atoms with E-state index in [0.29, 0.717) is 0 Å². The number of carboxylic acid groups (broad SMARTS) is 1. The van der Waals surface area contributed by atoms with E-state index in [1.807, 2.05) is 0 Å². The highest BCUT2D eigenvalue weighted by atomic mass is 32.2. The number of carboxylic acids is 1. The molecular formula is C7H11N3O4S. The predicted octanol–water partition coefficient (Wildman–Crippen LogP) is -0.486. The number of hydrogen-bond acceptors (Lipinski definition) is 4. The van der Waals surface area contributed by atoms with Crippen molar-refractivity contribution < 1.29 is 18.3 Å². The zero-order valence-corrected chi connectivity index (χ0v) is 9.32. The van der Waals surface area contributed by atoms with Crippen molar-refractivity contribution in [2.24, 2.45) is 7.05 Å². The van der Waals surface area contributed by atoms with Crippen LogP contribution in [0.25, 0.3) is 0 Å². The fraction of sp³-hybridized carbons (Fsp3) is 0.429. The molecule has 0 unspecified atom stereocenters. The quantitative estimate of drug-likeness (QED) is 0.760. The third-order valence-corrected chi connectivity index (χ3v) is 3.08. The molecule has 1 rings (SSSR count). The largest absolute Gasteiger partial charge is 0.476 e. The van der Waals surface area contributed by atoms with E-state index in [-0.39, 0.29) is 11.5 Å². The van der Waals surface area contributed by atoms with Gasteiger partial charge in [-0.05, 0) is 0 Å². The first kappa shape index (κ1) is 11.5. The summed E-state index contributed by atoms with van der Waals surface area (Å²) in [6.45, 7) is 0. The van der Waals surface area contributed by atoms with Gasteiger partial charge in [-0.25, -0.2) is 18.2 Å². The van der Waals surface area contributed by atoms with Gasteiger partial charge in [0.25, 0.3) is 0 Å². The van der Waals surface area contributed by atoms with Crippen molar-refractivity contribution in [2.75, 3.05) is 17.6 Å². The Balaban J connectivity index is 3.33. The average molecular weight is 233 g/mol. The number of rotatable bonds is 3. The molecule has 1 aromatic heterocycles. The van der Waals surface area contributed by atoms with Crippen LogP contribution in [0.15, 0.2) is 6.33 Å². The molecule has 0 saturated heterocycles. The lowest BCUT2D eigenvalue weighted by molar-refractivity contribution is 0.0687. The Labute approximate surface area is 87.0 Å². The molecule has 7 nitrogen and oxygen atoms in total. The van der Waals surface area contributed by atoms with Gasteiger partial charge in [-0.3, -0.25) is 4.31 Å². The van der Waals surface area contributed by atoms with Gasteiger partial charge in [0.2, 0.25) is 10.0 Å². The van der Waals surface area contributed by atoms with Gasteiger partial charge < -0.3 is 9.67 Å². The molecule has 0 spiro atoms. The second-order valence-corrected chi connectivity index (χ2v) is 5.08. The minimum Gasteiger partial charge on any atom is -0.476 e. The summed E-state index contributed by atoms with van der Waals surface area (Å²) in [7, 11) is -0.768. The zero-order chi connectivity index (χ0) is 11.8. The maximum absolute atomic E-state index is 11.2. The van der Waals surface area contributed by atoms with Gasteiger partial charge in [-0.15, -0.1) is 0 Å². The van der Waals surface area contributed by atoms with Crippen molar-refractivity contribution in [1.29, 1.82) is 0 Å². The summed E-state index contributed by atoms with van der Waals surface area (Å²) >= 11 is 0. The summed E-state index contributed by atoms with van der Waals surface area (Å²) in [5.74, 6) is -1.31. The van der Waals surface area contributed by atoms with E-state index in [1.54, 1.807) is 0 Å². The van der Waals surface area contributed by atoms with Gasteiger partial charge in [0, 0.05) is 14.1 Å². The Bertz CT molecular complexity index is 490. The number of nitrogens with zero attached hydrogens (tertiary/aromatic N) is 3. The molecule has 0 aliphatic carbocycles. The Kier molecular flexibility index (Phi) is 2.71. The van der Waals surface area contributed by atoms with Crippen LogP contribution in [0.3, 0.4) is 0 Å². The maximum Gasteiger partial charge on any atom is 0.356 e. The number of aromatic nitrogens is 2. The maximum atomic E-state index is 11.2. The summed E-state index contributed by atoms with van der Waals surface area (Å²) < 4.78 is 24.5. The molecule has 1 heterocycles. The van der Waals surface area contributed by atoms with Crippen molar-refractivity contribution in [1.82, 2.24) is 9.55 Å². The molecule has 1 aromatic rings. The SMILES string of the molecule is CN(c1ncn(C)c1C(=O)O)S(C)(=O)=O. The molecular weight excluding hydrogens is 222 g/mol. The molecule has 0 radical (unpaired) electrons. The molecule has 0 bridgehead atoms. The van der Waals surface area contributed by atoms with E-state index in [9.17, 15) is 13.2 Å². The molecule has 0 fully saturated rings. The van der Waals surface area contributed by atoms with Crippen LogP contribution in [0, 0.1) is 0 Å². The standard InChI is InChI=1S/C7H11N3O4S/c1-9-4-8-6(5(9)7(11)12)10(2)15(3,13)14/h4H,1-3H3,(H,11,12). The van der Waals surface area contributed by atoms with E-state index in [2.05, 4.69) is 4.98 Å². The monoisotopic (exact) mass is 233 g/mol. The van der Waals surface area contributed by atoms with E-state index in [1.165, 1.54) is 25.0 Å². The molecule has 0 aliphatic heterocycles. The molecule has 0 amide bonds. The summed E-state index contributed by atoms with van der Waals surface area (Å²) in [6, 6.07) is 0. The van der Waals surface area contributed by atoms with E-state index < -0.39 is 16.0 Å². The van der Waals surface area contributed by atoms with Gasteiger partial charge in [0.1, 0.15) is 0 Å². The van der Waals surface area contributed by atoms with Gasteiger partial charge in [-0.2, -0.15) is 0 Å². The lowest BCUT2D eigenvalue weighted by Crippen LogP contribution is -2.27. The van der Waals surface area contributed by atoms with Crippen LogP contribution in [-0.4, -0.2) is 42.3 Å². The van der Waals surface area contributed by atoms with E-state index in [4.69, 9.17) is 5.11 Å². The second kappa shape index (κ2) is 3.54. The van der Waals surface area contributed by atoms with E-state index in [0.717, 1.165) is 10.6 Å². The Morgan fingerprint density at radius 3 is 2.53 bits per heavy atom. The smallest absolute Gasteiger partial charge is 0.356 e. The zero-order valence-electron chi connectivity index (χ0n) is 8.50. The number of sulfonamides is 1. The lowest BCUT2D eigenvalue weighted by Gasteiger charge is -2.14. The van der Waals surface area contributed by atoms with Crippen molar-refractivity contribution >= 4 is 21.8 Å². The number of imidazole rings is 1. The molecule has 15 heavy (non-hydrogen) atoms. The molecule has 0 saturated carbocycles. The summed E-state index contributed by atoms with van der Waals surface area (Å²) in [6.07, 6.45) is 2.23. The predicted molar refractivity (Wildman–Crippen MR) is 53.4 cm³/mol. The van der Waals surface area contributed by atoms with Crippen LogP contribution in [0.4, 0.5) is 5.82 Å². The minimum absolute atomic E-state index is 0.0903. The summed E-state index contributed by atoms with van der Waals surface area (Å²) in [5, 5.41) is 8.87. The first-order chi connectivity index (χ1) is 6.75. The first-order valence-electron chi connectivity index (χ1n) is 3.93. The average Bonchev–Trinajstić information content (AvgIpc) is 2.43. The summed E-state index contributed by atoms with van der Waals surface area (Å²) in [4.78, 5) is 14.6. The van der Waals surface area contributed by atoms with Gasteiger partial charge in [-0.1, -0.05) is 0 Å². The molecule has 0 aliphatic rings. The fourth-order valence-corrected chi connectivity index (χ4v) is 1.50. The third-order valence-electron chi connectivity index (χ3n) is 1.92. The normalized spacial score (nSPS) is 11.4. The van der Waals surface area contributed by atoms with Crippen LogP contribution in [0.2, 0.25) is 0 Å². The van der Waals surface area contributed by atoms with Crippen LogP contribution >= 0.6 is 0 Å². The number of carbonyl (C=O) groups is 1. The minimum atomic E-state index is -3.50. The highest BCUT2D eigenvalue weighted by Crippen LogP contribution is 2.18. The van der Waals surface area contributed by atoms with Crippen molar-refractivity contribution in [3.05, 3.63) is 12.0 Å². The molecule has 84 valence electrons. The second-order valence-electron chi connectivity index (χ2n) is 3.06. The third kappa shape index (κ3) is 2.09. The van der Waals surface area contributed by atoms with Gasteiger partial charge in [0.15, 0.2) is 11.5 Å². The van der Waals surface area contributed by atoms with E-state index >= 15 is 0 Å². The Morgan fingerprint density at radius 1 is 1.60 bits per heavy atom. The van der Waals surface area contributed by atoms with Crippen molar-refractivity contribution in [2.45, 2.75) is 0 Å². The Morgan fingerprint density at radius 2 is 2.13 bits per heavy atom. The first-order valence-corrected chi connectivity index (χ1v) is 5.78. The lowest BCUT2D eigenvalue weighted by atomic mass is 10.4. The number of hydrogen-bond donors (Lipinski definition) is 1. The van der Waals surface area contributed by atoms with Crippen LogP contribution in [-0.2, 0) is 17.1 Å². The Hall–Kier alpha value is -1.57. The van der Waals surface area contributed by atoms with Crippen molar-refractivity contribution in [3.8, 4) is 0 Å². The van der Waals surface area contributed by atoms with Gasteiger partial charge in [0.05, 0.1) is 12.6 Å². The molecule has 0 atom stereocenters. The molecule has 0 aromatic carbocycles. The van der Waals surface area contributed by atoms with Gasteiger partial charge >= 0.3 is 5.97 Å². The highest BCUT2D eigenvalue weighted by Gasteiger charge is 2.23. The number of anilines is 1. The molecule has 8 heteroatoms. The summed E-state index contributed by atoms with van der Waals surface area (Å²) in [5.41, 5.74) is -0.164.